The number of nitrogens with zero attached hydrogens (tertiary/aromatic N) is 2. The summed E-state index contributed by atoms with van der Waals surface area (Å²) < 4.78 is 0. The molecule has 0 saturated carbocycles. The first-order chi connectivity index (χ1) is 11.3. The largest absolute Gasteiger partial charge is 0.478 e. The Morgan fingerprint density at radius 3 is 2.38 bits per heavy atom. The van der Waals surface area contributed by atoms with Crippen molar-refractivity contribution in [1.29, 1.82) is 0 Å². The smallest absolute Gasteiger partial charge is 0.337 e. The number of aromatic nitrogens is 1. The van der Waals surface area contributed by atoms with E-state index in [0.29, 0.717) is 6.54 Å². The fourth-order valence-electron chi connectivity index (χ4n) is 2.59. The van der Waals surface area contributed by atoms with Crippen LogP contribution in [0.5, 0.6) is 0 Å². The van der Waals surface area contributed by atoms with Crippen molar-refractivity contribution in [3.8, 4) is 0 Å². The molecule has 1 aromatic carbocycles. The molecule has 0 fully saturated rings. The van der Waals surface area contributed by atoms with E-state index in [1.54, 1.807) is 4.90 Å². The van der Waals surface area contributed by atoms with Gasteiger partial charge in [0.15, 0.2) is 0 Å². The van der Waals surface area contributed by atoms with Crippen molar-refractivity contribution in [2.24, 2.45) is 5.92 Å². The molecule has 5 heteroatoms. The molecule has 126 valence electrons. The third kappa shape index (κ3) is 3.98. The highest BCUT2D eigenvalue weighted by Crippen LogP contribution is 2.24. The lowest BCUT2D eigenvalue weighted by molar-refractivity contribution is 0.0696. The number of carbonyl (C=O) groups excluding carboxylic acids is 1. The number of aromatic carboxylic acids is 1. The summed E-state index contributed by atoms with van der Waals surface area (Å²) >= 11 is 0. The van der Waals surface area contributed by atoms with Crippen LogP contribution in [0.3, 0.4) is 0 Å². The number of benzene rings is 1. The van der Waals surface area contributed by atoms with E-state index < -0.39 is 5.97 Å². The second-order valence-corrected chi connectivity index (χ2v) is 6.37. The van der Waals surface area contributed by atoms with Gasteiger partial charge in [0.25, 0.3) is 5.91 Å². The summed E-state index contributed by atoms with van der Waals surface area (Å²) in [5.74, 6) is -1.07. The Kier molecular flexibility index (Phi) is 5.34. The second-order valence-electron chi connectivity index (χ2n) is 6.37. The van der Waals surface area contributed by atoms with Crippen molar-refractivity contribution in [1.82, 2.24) is 4.98 Å². The molecule has 0 radical (unpaired) electrons. The molecule has 0 atom stereocenters. The van der Waals surface area contributed by atoms with E-state index in [-0.39, 0.29) is 23.0 Å². The first-order valence-electron chi connectivity index (χ1n) is 7.87. The average molecular weight is 326 g/mol. The SMILES string of the molecule is Cc1ccc(N(CC(C)C)C(=O)c2cncc(C(=O)O)c2)c(C)c1. The number of carboxylic acids is 1. The van der Waals surface area contributed by atoms with Crippen LogP contribution in [-0.4, -0.2) is 28.5 Å². The van der Waals surface area contributed by atoms with Crippen molar-refractivity contribution in [2.45, 2.75) is 27.7 Å². The number of pyridine rings is 1. The van der Waals surface area contributed by atoms with Gasteiger partial charge in [-0.2, -0.15) is 0 Å². The lowest BCUT2D eigenvalue weighted by atomic mass is 10.1. The summed E-state index contributed by atoms with van der Waals surface area (Å²) in [6, 6.07) is 7.30. The number of rotatable bonds is 5. The van der Waals surface area contributed by atoms with Crippen LogP contribution in [0.25, 0.3) is 0 Å². The van der Waals surface area contributed by atoms with Crippen LogP contribution >= 0.6 is 0 Å². The molecule has 5 nitrogen and oxygen atoms in total. The molecule has 0 aliphatic rings. The lowest BCUT2D eigenvalue weighted by Gasteiger charge is -2.26. The standard InChI is InChI=1S/C19H22N2O3/c1-12(2)11-21(17-6-5-13(3)7-14(17)4)18(22)15-8-16(19(23)24)10-20-9-15/h5-10,12H,11H2,1-4H3,(H,23,24). The number of amides is 1. The number of anilines is 1. The quantitative estimate of drug-likeness (QED) is 0.909. The monoisotopic (exact) mass is 326 g/mol. The average Bonchev–Trinajstić information content (AvgIpc) is 2.52. The summed E-state index contributed by atoms with van der Waals surface area (Å²) in [6.07, 6.45) is 2.65. The van der Waals surface area contributed by atoms with Gasteiger partial charge >= 0.3 is 5.97 Å². The molecule has 2 aromatic rings. The van der Waals surface area contributed by atoms with Crippen molar-refractivity contribution < 1.29 is 14.7 Å². The van der Waals surface area contributed by atoms with Crippen LogP contribution in [0.4, 0.5) is 5.69 Å². The van der Waals surface area contributed by atoms with E-state index in [9.17, 15) is 9.59 Å². The Morgan fingerprint density at radius 1 is 1.12 bits per heavy atom. The van der Waals surface area contributed by atoms with E-state index in [4.69, 9.17) is 5.11 Å². The maximum Gasteiger partial charge on any atom is 0.337 e. The van der Waals surface area contributed by atoms with Gasteiger partial charge in [0, 0.05) is 24.6 Å². The summed E-state index contributed by atoms with van der Waals surface area (Å²) in [7, 11) is 0. The van der Waals surface area contributed by atoms with Crippen LogP contribution in [0, 0.1) is 19.8 Å². The zero-order valence-electron chi connectivity index (χ0n) is 14.4. The summed E-state index contributed by atoms with van der Waals surface area (Å²) in [4.78, 5) is 29.7. The zero-order valence-corrected chi connectivity index (χ0v) is 14.4. The van der Waals surface area contributed by atoms with Gasteiger partial charge in [0.05, 0.1) is 11.1 Å². The Hall–Kier alpha value is -2.69. The minimum absolute atomic E-state index is 0.00553. The first-order valence-corrected chi connectivity index (χ1v) is 7.87. The molecule has 0 aliphatic heterocycles. The van der Waals surface area contributed by atoms with Gasteiger partial charge in [-0.25, -0.2) is 4.79 Å². The molecule has 2 rings (SSSR count). The highest BCUT2D eigenvalue weighted by Gasteiger charge is 2.21. The van der Waals surface area contributed by atoms with Gasteiger partial charge in [-0.05, 0) is 37.5 Å². The molecule has 0 saturated heterocycles. The second kappa shape index (κ2) is 7.25. The Labute approximate surface area is 142 Å². The first kappa shape index (κ1) is 17.7. The molecular formula is C19H22N2O3. The molecule has 1 heterocycles. The van der Waals surface area contributed by atoms with Crippen molar-refractivity contribution in [3.63, 3.8) is 0 Å². The van der Waals surface area contributed by atoms with E-state index in [2.05, 4.69) is 4.98 Å². The molecule has 1 N–H and O–H groups in total. The van der Waals surface area contributed by atoms with Gasteiger partial charge in [0.1, 0.15) is 0 Å². The van der Waals surface area contributed by atoms with E-state index in [0.717, 1.165) is 16.8 Å². The van der Waals surface area contributed by atoms with Crippen LogP contribution in [-0.2, 0) is 0 Å². The third-order valence-corrected chi connectivity index (χ3v) is 3.67. The zero-order chi connectivity index (χ0) is 17.9. The highest BCUT2D eigenvalue weighted by atomic mass is 16.4. The highest BCUT2D eigenvalue weighted by molar-refractivity contribution is 6.07. The van der Waals surface area contributed by atoms with Gasteiger partial charge in [0.2, 0.25) is 0 Å². The number of hydrogen-bond donors (Lipinski definition) is 1. The third-order valence-electron chi connectivity index (χ3n) is 3.67. The fourth-order valence-corrected chi connectivity index (χ4v) is 2.59. The molecule has 1 amide bonds. The summed E-state index contributed by atoms with van der Waals surface area (Å²) in [6.45, 7) is 8.59. The Balaban J connectivity index is 2.46. The number of aryl methyl sites for hydroxylation is 2. The van der Waals surface area contributed by atoms with Gasteiger partial charge in [-0.3, -0.25) is 9.78 Å². The Bertz CT molecular complexity index is 769. The maximum atomic E-state index is 13.0. The molecule has 24 heavy (non-hydrogen) atoms. The Morgan fingerprint density at radius 2 is 1.79 bits per heavy atom. The lowest BCUT2D eigenvalue weighted by Crippen LogP contribution is -2.35. The van der Waals surface area contributed by atoms with Gasteiger partial charge < -0.3 is 10.0 Å². The molecule has 0 aliphatic carbocycles. The summed E-state index contributed by atoms with van der Waals surface area (Å²) in [5.41, 5.74) is 3.25. The summed E-state index contributed by atoms with van der Waals surface area (Å²) in [5, 5.41) is 9.10. The van der Waals surface area contributed by atoms with E-state index in [1.165, 1.54) is 18.5 Å². The van der Waals surface area contributed by atoms with Crippen molar-refractivity contribution in [3.05, 3.63) is 58.9 Å². The number of carbonyl (C=O) groups is 2. The van der Waals surface area contributed by atoms with Crippen molar-refractivity contribution in [2.75, 3.05) is 11.4 Å². The minimum atomic E-state index is -1.10. The maximum absolute atomic E-state index is 13.0. The van der Waals surface area contributed by atoms with Crippen LogP contribution in [0.1, 0.15) is 45.7 Å². The van der Waals surface area contributed by atoms with Crippen LogP contribution < -0.4 is 4.90 Å². The molecular weight excluding hydrogens is 304 g/mol. The normalized spacial score (nSPS) is 10.7. The van der Waals surface area contributed by atoms with Gasteiger partial charge in [-0.1, -0.05) is 31.5 Å². The van der Waals surface area contributed by atoms with E-state index in [1.807, 2.05) is 45.9 Å². The molecule has 1 aromatic heterocycles. The minimum Gasteiger partial charge on any atom is -0.478 e. The van der Waals surface area contributed by atoms with Crippen molar-refractivity contribution >= 4 is 17.6 Å². The molecule has 0 bridgehead atoms. The number of hydrogen-bond acceptors (Lipinski definition) is 3. The molecule has 0 unspecified atom stereocenters. The van der Waals surface area contributed by atoms with Gasteiger partial charge in [-0.15, -0.1) is 0 Å². The fraction of sp³-hybridized carbons (Fsp3) is 0.316. The molecule has 0 spiro atoms. The predicted molar refractivity (Wildman–Crippen MR) is 93.6 cm³/mol. The number of carboxylic acid groups (broad SMARTS) is 1. The topological polar surface area (TPSA) is 70.5 Å². The predicted octanol–water partition coefficient (Wildman–Crippen LogP) is 3.70. The van der Waals surface area contributed by atoms with Crippen LogP contribution in [0.15, 0.2) is 36.7 Å². The van der Waals surface area contributed by atoms with E-state index >= 15 is 0 Å². The van der Waals surface area contributed by atoms with Crippen LogP contribution in [0.2, 0.25) is 0 Å².